The quantitative estimate of drug-likeness (QED) is 0.719. The lowest BCUT2D eigenvalue weighted by Gasteiger charge is -2.04. The highest BCUT2D eigenvalue weighted by atomic mass is 35.5. The number of benzene rings is 1. The highest BCUT2D eigenvalue weighted by Gasteiger charge is 2.13. The van der Waals surface area contributed by atoms with Gasteiger partial charge in [-0.1, -0.05) is 48.9 Å². The van der Waals surface area contributed by atoms with Crippen LogP contribution in [0.15, 0.2) is 30.3 Å². The molecule has 2 nitrogen and oxygen atoms in total. The van der Waals surface area contributed by atoms with Crippen LogP contribution in [0.5, 0.6) is 0 Å². The molecule has 19 heavy (non-hydrogen) atoms. The van der Waals surface area contributed by atoms with E-state index in [0.29, 0.717) is 11.0 Å². The Bertz CT molecular complexity index is 520. The predicted molar refractivity (Wildman–Crippen MR) is 80.9 cm³/mol. The second-order valence-electron chi connectivity index (χ2n) is 4.52. The Morgan fingerprint density at radius 2 is 1.95 bits per heavy atom. The summed E-state index contributed by atoms with van der Waals surface area (Å²) in [6.45, 7) is 2.90. The number of alkyl halides is 1. The van der Waals surface area contributed by atoms with Crippen LogP contribution in [-0.4, -0.2) is 9.78 Å². The van der Waals surface area contributed by atoms with Gasteiger partial charge in [0.2, 0.25) is 0 Å². The van der Waals surface area contributed by atoms with Crippen molar-refractivity contribution in [2.24, 2.45) is 0 Å². The van der Waals surface area contributed by atoms with E-state index in [1.807, 2.05) is 10.7 Å². The third kappa shape index (κ3) is 3.52. The lowest BCUT2D eigenvalue weighted by atomic mass is 10.1. The number of rotatable bonds is 6. The third-order valence-electron chi connectivity index (χ3n) is 3.21. The summed E-state index contributed by atoms with van der Waals surface area (Å²) >= 11 is 12.2. The Balaban J connectivity index is 1.98. The Morgan fingerprint density at radius 3 is 2.53 bits per heavy atom. The van der Waals surface area contributed by atoms with Gasteiger partial charge in [0.1, 0.15) is 5.15 Å². The molecule has 0 saturated heterocycles. The molecule has 1 aromatic heterocycles. The maximum atomic E-state index is 6.31. The molecule has 0 bridgehead atoms. The zero-order valence-electron chi connectivity index (χ0n) is 11.1. The molecule has 1 heterocycles. The first-order chi connectivity index (χ1) is 9.26. The van der Waals surface area contributed by atoms with E-state index in [2.05, 4.69) is 36.3 Å². The fourth-order valence-corrected chi connectivity index (χ4v) is 2.81. The molecule has 4 heteroatoms. The predicted octanol–water partition coefficient (Wildman–Crippen LogP) is 4.47. The SMILES string of the molecule is CCc1nn(CCCc2ccccc2)c(Cl)c1CCl. The van der Waals surface area contributed by atoms with Gasteiger partial charge in [-0.15, -0.1) is 11.6 Å². The molecule has 0 aliphatic heterocycles. The topological polar surface area (TPSA) is 17.8 Å². The maximum Gasteiger partial charge on any atom is 0.131 e. The summed E-state index contributed by atoms with van der Waals surface area (Å²) in [6.07, 6.45) is 2.93. The number of aromatic nitrogens is 2. The van der Waals surface area contributed by atoms with E-state index in [1.54, 1.807) is 0 Å². The van der Waals surface area contributed by atoms with E-state index in [4.69, 9.17) is 23.2 Å². The molecule has 0 spiro atoms. The first-order valence-corrected chi connectivity index (χ1v) is 7.51. The summed E-state index contributed by atoms with van der Waals surface area (Å²) in [4.78, 5) is 0. The standard InChI is InChI=1S/C15H18Cl2N2/c1-2-14-13(11-16)15(17)19(18-14)10-6-9-12-7-4-3-5-8-12/h3-5,7-8H,2,6,9-11H2,1H3. The molecule has 1 aromatic carbocycles. The molecule has 0 N–H and O–H groups in total. The van der Waals surface area contributed by atoms with E-state index in [9.17, 15) is 0 Å². The molecule has 2 aromatic rings. The normalized spacial score (nSPS) is 10.9. The van der Waals surface area contributed by atoms with Crippen molar-refractivity contribution in [3.63, 3.8) is 0 Å². The number of hydrogen-bond acceptors (Lipinski definition) is 1. The molecule has 0 atom stereocenters. The summed E-state index contributed by atoms with van der Waals surface area (Å²) in [7, 11) is 0. The number of aryl methyl sites for hydroxylation is 3. The van der Waals surface area contributed by atoms with Crippen molar-refractivity contribution in [3.05, 3.63) is 52.3 Å². The summed E-state index contributed by atoms with van der Waals surface area (Å²) in [6, 6.07) is 10.5. The van der Waals surface area contributed by atoms with Crippen molar-refractivity contribution in [2.75, 3.05) is 0 Å². The molecule has 0 amide bonds. The van der Waals surface area contributed by atoms with Gasteiger partial charge in [-0.2, -0.15) is 5.10 Å². The summed E-state index contributed by atoms with van der Waals surface area (Å²) < 4.78 is 1.88. The Hall–Kier alpha value is -0.990. The zero-order chi connectivity index (χ0) is 13.7. The van der Waals surface area contributed by atoms with Gasteiger partial charge in [0.25, 0.3) is 0 Å². The van der Waals surface area contributed by atoms with Crippen molar-refractivity contribution >= 4 is 23.2 Å². The van der Waals surface area contributed by atoms with Crippen LogP contribution in [0.25, 0.3) is 0 Å². The van der Waals surface area contributed by atoms with Gasteiger partial charge in [0.05, 0.1) is 11.6 Å². The second-order valence-corrected chi connectivity index (χ2v) is 5.14. The Labute approximate surface area is 124 Å². The number of hydrogen-bond donors (Lipinski definition) is 0. The lowest BCUT2D eigenvalue weighted by molar-refractivity contribution is 0.573. The van der Waals surface area contributed by atoms with Crippen LogP contribution in [0.2, 0.25) is 5.15 Å². The van der Waals surface area contributed by atoms with Gasteiger partial charge in [-0.3, -0.25) is 4.68 Å². The van der Waals surface area contributed by atoms with Crippen LogP contribution >= 0.6 is 23.2 Å². The Morgan fingerprint density at radius 1 is 1.21 bits per heavy atom. The number of halogens is 2. The molecular formula is C15H18Cl2N2. The van der Waals surface area contributed by atoms with Gasteiger partial charge >= 0.3 is 0 Å². The van der Waals surface area contributed by atoms with Crippen molar-refractivity contribution in [3.8, 4) is 0 Å². The molecule has 0 saturated carbocycles. The third-order valence-corrected chi connectivity index (χ3v) is 3.90. The average molecular weight is 297 g/mol. The van der Waals surface area contributed by atoms with E-state index in [-0.39, 0.29) is 0 Å². The first kappa shape index (κ1) is 14.4. The monoisotopic (exact) mass is 296 g/mol. The fraction of sp³-hybridized carbons (Fsp3) is 0.400. The van der Waals surface area contributed by atoms with E-state index in [1.165, 1.54) is 5.56 Å². The lowest BCUT2D eigenvalue weighted by Crippen LogP contribution is -2.02. The average Bonchev–Trinajstić information content (AvgIpc) is 2.76. The van der Waals surface area contributed by atoms with Gasteiger partial charge < -0.3 is 0 Å². The van der Waals surface area contributed by atoms with Gasteiger partial charge in [-0.25, -0.2) is 0 Å². The van der Waals surface area contributed by atoms with Crippen molar-refractivity contribution in [2.45, 2.75) is 38.6 Å². The van der Waals surface area contributed by atoms with E-state index in [0.717, 1.165) is 37.1 Å². The molecule has 2 rings (SSSR count). The fourth-order valence-electron chi connectivity index (χ4n) is 2.17. The summed E-state index contributed by atoms with van der Waals surface area (Å²) in [5.41, 5.74) is 3.34. The van der Waals surface area contributed by atoms with Gasteiger partial charge in [0.15, 0.2) is 0 Å². The maximum absolute atomic E-state index is 6.31. The van der Waals surface area contributed by atoms with Crippen LogP contribution in [0.4, 0.5) is 0 Å². The zero-order valence-corrected chi connectivity index (χ0v) is 12.6. The van der Waals surface area contributed by atoms with Crippen molar-refractivity contribution < 1.29 is 0 Å². The highest BCUT2D eigenvalue weighted by molar-refractivity contribution is 6.31. The molecule has 0 aliphatic carbocycles. The molecule has 102 valence electrons. The molecule has 0 fully saturated rings. The smallest absolute Gasteiger partial charge is 0.131 e. The number of nitrogens with zero attached hydrogens (tertiary/aromatic N) is 2. The largest absolute Gasteiger partial charge is 0.253 e. The summed E-state index contributed by atoms with van der Waals surface area (Å²) in [5, 5.41) is 5.22. The Kier molecular flexibility index (Phi) is 5.29. The molecule has 0 aliphatic rings. The summed E-state index contributed by atoms with van der Waals surface area (Å²) in [5.74, 6) is 0.431. The van der Waals surface area contributed by atoms with Crippen LogP contribution in [0.1, 0.15) is 30.2 Å². The first-order valence-electron chi connectivity index (χ1n) is 6.60. The van der Waals surface area contributed by atoms with E-state index >= 15 is 0 Å². The second kappa shape index (κ2) is 6.97. The van der Waals surface area contributed by atoms with Crippen LogP contribution < -0.4 is 0 Å². The van der Waals surface area contributed by atoms with E-state index < -0.39 is 0 Å². The van der Waals surface area contributed by atoms with Crippen LogP contribution in [0.3, 0.4) is 0 Å². The minimum absolute atomic E-state index is 0.431. The molecular weight excluding hydrogens is 279 g/mol. The van der Waals surface area contributed by atoms with Crippen molar-refractivity contribution in [1.29, 1.82) is 0 Å². The van der Waals surface area contributed by atoms with Gasteiger partial charge in [-0.05, 0) is 24.8 Å². The van der Waals surface area contributed by atoms with Crippen LogP contribution in [0, 0.1) is 0 Å². The minimum Gasteiger partial charge on any atom is -0.253 e. The van der Waals surface area contributed by atoms with Gasteiger partial charge in [0, 0.05) is 12.1 Å². The molecule has 0 unspecified atom stereocenters. The molecule has 0 radical (unpaired) electrons. The van der Waals surface area contributed by atoms with Crippen molar-refractivity contribution in [1.82, 2.24) is 9.78 Å². The highest BCUT2D eigenvalue weighted by Crippen LogP contribution is 2.23. The van der Waals surface area contributed by atoms with Crippen LogP contribution in [-0.2, 0) is 25.3 Å². The minimum atomic E-state index is 0.431.